The molecule has 3 rings (SSSR count). The van der Waals surface area contributed by atoms with E-state index in [9.17, 15) is 4.79 Å². The number of carbonyl (C=O) groups is 1. The van der Waals surface area contributed by atoms with Gasteiger partial charge in [0.1, 0.15) is 0 Å². The van der Waals surface area contributed by atoms with Crippen molar-refractivity contribution in [2.24, 2.45) is 0 Å². The number of methoxy groups -OCH3 is 1. The predicted molar refractivity (Wildman–Crippen MR) is 88.7 cm³/mol. The van der Waals surface area contributed by atoms with Crippen LogP contribution in [0.4, 0.5) is 0 Å². The van der Waals surface area contributed by atoms with Gasteiger partial charge in [-0.25, -0.2) is 4.79 Å². The van der Waals surface area contributed by atoms with Crippen LogP contribution < -0.4 is 0 Å². The van der Waals surface area contributed by atoms with Crippen LogP contribution in [-0.2, 0) is 4.74 Å². The first-order valence-corrected chi connectivity index (χ1v) is 7.13. The molecule has 0 heterocycles. The van der Waals surface area contributed by atoms with Crippen molar-refractivity contribution in [3.63, 3.8) is 0 Å². The van der Waals surface area contributed by atoms with Crippen molar-refractivity contribution in [3.8, 4) is 22.3 Å². The van der Waals surface area contributed by atoms with E-state index in [2.05, 4.69) is 12.1 Å². The smallest absolute Gasteiger partial charge is 0.338 e. The summed E-state index contributed by atoms with van der Waals surface area (Å²) in [4.78, 5) is 12.0. The minimum atomic E-state index is -0.321. The van der Waals surface area contributed by atoms with Crippen LogP contribution in [0, 0.1) is 0 Å². The van der Waals surface area contributed by atoms with Crippen molar-refractivity contribution in [3.05, 3.63) is 84.4 Å². The van der Waals surface area contributed by atoms with E-state index in [1.807, 2.05) is 66.7 Å². The molecule has 0 aliphatic carbocycles. The summed E-state index contributed by atoms with van der Waals surface area (Å²) in [6.45, 7) is 0. The van der Waals surface area contributed by atoms with E-state index in [-0.39, 0.29) is 5.97 Å². The molecule has 2 nitrogen and oxygen atoms in total. The van der Waals surface area contributed by atoms with E-state index in [1.54, 1.807) is 0 Å². The minimum absolute atomic E-state index is 0.321. The molecule has 22 heavy (non-hydrogen) atoms. The highest BCUT2D eigenvalue weighted by atomic mass is 16.5. The summed E-state index contributed by atoms with van der Waals surface area (Å²) in [6.07, 6.45) is 0. The van der Waals surface area contributed by atoms with Crippen molar-refractivity contribution >= 4 is 5.97 Å². The molecule has 0 fully saturated rings. The van der Waals surface area contributed by atoms with Crippen LogP contribution in [0.25, 0.3) is 22.3 Å². The standard InChI is InChI=1S/C20H16O2/c1-22-20(21)18-13-12-17(15-8-4-2-5-9-15)14-19(18)16-10-6-3-7-11-16/h2-14H,1H3. The summed E-state index contributed by atoms with van der Waals surface area (Å²) >= 11 is 0. The van der Waals surface area contributed by atoms with Gasteiger partial charge >= 0.3 is 5.97 Å². The van der Waals surface area contributed by atoms with E-state index >= 15 is 0 Å². The Bertz CT molecular complexity index is 777. The molecule has 2 heteroatoms. The van der Waals surface area contributed by atoms with Gasteiger partial charge in [-0.15, -0.1) is 0 Å². The average Bonchev–Trinajstić information content (AvgIpc) is 2.62. The van der Waals surface area contributed by atoms with Crippen LogP contribution in [0.5, 0.6) is 0 Å². The first kappa shape index (κ1) is 14.1. The second kappa shape index (κ2) is 6.27. The molecule has 0 unspecified atom stereocenters. The molecule has 3 aromatic rings. The van der Waals surface area contributed by atoms with Crippen molar-refractivity contribution in [1.82, 2.24) is 0 Å². The Kier molecular flexibility index (Phi) is 4.01. The van der Waals surface area contributed by atoms with Crippen LogP contribution in [0.15, 0.2) is 78.9 Å². The van der Waals surface area contributed by atoms with Crippen molar-refractivity contribution in [1.29, 1.82) is 0 Å². The molecule has 3 aromatic carbocycles. The summed E-state index contributed by atoms with van der Waals surface area (Å²) in [5.74, 6) is -0.321. The molecule has 0 aliphatic heterocycles. The van der Waals surface area contributed by atoms with E-state index in [4.69, 9.17) is 4.74 Å². The first-order valence-electron chi connectivity index (χ1n) is 7.13. The lowest BCUT2D eigenvalue weighted by atomic mass is 9.94. The molecule has 0 aromatic heterocycles. The molecular formula is C20H16O2. The Balaban J connectivity index is 2.17. The third-order valence-electron chi connectivity index (χ3n) is 3.62. The zero-order valence-corrected chi connectivity index (χ0v) is 12.3. The third kappa shape index (κ3) is 2.77. The number of benzene rings is 3. The SMILES string of the molecule is COC(=O)c1ccc(-c2ccccc2)cc1-c1ccccc1. The summed E-state index contributed by atoms with van der Waals surface area (Å²) in [5.41, 5.74) is 4.66. The molecule has 0 N–H and O–H groups in total. The topological polar surface area (TPSA) is 26.3 Å². The van der Waals surface area contributed by atoms with E-state index in [0.29, 0.717) is 5.56 Å². The van der Waals surface area contributed by atoms with Gasteiger partial charge < -0.3 is 4.74 Å². The van der Waals surface area contributed by atoms with Crippen molar-refractivity contribution < 1.29 is 9.53 Å². The maximum Gasteiger partial charge on any atom is 0.338 e. The number of esters is 1. The molecule has 0 aliphatic rings. The van der Waals surface area contributed by atoms with E-state index in [1.165, 1.54) is 7.11 Å². The van der Waals surface area contributed by atoms with E-state index in [0.717, 1.165) is 22.3 Å². The number of hydrogen-bond acceptors (Lipinski definition) is 2. The molecule has 0 amide bonds. The fraction of sp³-hybridized carbons (Fsp3) is 0.0500. The summed E-state index contributed by atoms with van der Waals surface area (Å²) in [7, 11) is 1.40. The lowest BCUT2D eigenvalue weighted by Gasteiger charge is -2.11. The third-order valence-corrected chi connectivity index (χ3v) is 3.62. The van der Waals surface area contributed by atoms with Gasteiger partial charge in [-0.2, -0.15) is 0 Å². The Morgan fingerprint density at radius 2 is 1.32 bits per heavy atom. The largest absolute Gasteiger partial charge is 0.465 e. The monoisotopic (exact) mass is 288 g/mol. The fourth-order valence-electron chi connectivity index (χ4n) is 2.50. The quantitative estimate of drug-likeness (QED) is 0.647. The molecule has 108 valence electrons. The zero-order valence-electron chi connectivity index (χ0n) is 12.3. The van der Waals surface area contributed by atoms with Crippen LogP contribution in [-0.4, -0.2) is 13.1 Å². The summed E-state index contributed by atoms with van der Waals surface area (Å²) < 4.78 is 4.91. The number of hydrogen-bond donors (Lipinski definition) is 0. The average molecular weight is 288 g/mol. The molecule has 0 saturated heterocycles. The molecular weight excluding hydrogens is 272 g/mol. The van der Waals surface area contributed by atoms with Crippen molar-refractivity contribution in [2.75, 3.05) is 7.11 Å². The van der Waals surface area contributed by atoms with Gasteiger partial charge in [-0.05, 0) is 34.4 Å². The van der Waals surface area contributed by atoms with Gasteiger partial charge in [0.25, 0.3) is 0 Å². The Morgan fingerprint density at radius 1 is 0.727 bits per heavy atom. The first-order chi connectivity index (χ1) is 10.8. The molecule has 0 spiro atoms. The maximum atomic E-state index is 12.0. The second-order valence-corrected chi connectivity index (χ2v) is 4.98. The van der Waals surface area contributed by atoms with Gasteiger partial charge in [0, 0.05) is 0 Å². The Labute approximate surface area is 130 Å². The maximum absolute atomic E-state index is 12.0. The molecule has 0 bridgehead atoms. The number of rotatable bonds is 3. The lowest BCUT2D eigenvalue weighted by molar-refractivity contribution is 0.0601. The van der Waals surface area contributed by atoms with E-state index < -0.39 is 0 Å². The highest BCUT2D eigenvalue weighted by Crippen LogP contribution is 2.30. The normalized spacial score (nSPS) is 10.2. The van der Waals surface area contributed by atoms with Crippen LogP contribution >= 0.6 is 0 Å². The second-order valence-electron chi connectivity index (χ2n) is 4.98. The lowest BCUT2D eigenvalue weighted by Crippen LogP contribution is -2.03. The Morgan fingerprint density at radius 3 is 1.91 bits per heavy atom. The van der Waals surface area contributed by atoms with Crippen LogP contribution in [0.2, 0.25) is 0 Å². The highest BCUT2D eigenvalue weighted by molar-refractivity contribution is 5.98. The van der Waals surface area contributed by atoms with Crippen LogP contribution in [0.1, 0.15) is 10.4 Å². The highest BCUT2D eigenvalue weighted by Gasteiger charge is 2.14. The van der Waals surface area contributed by atoms with Crippen molar-refractivity contribution in [2.45, 2.75) is 0 Å². The van der Waals surface area contributed by atoms with Crippen LogP contribution in [0.3, 0.4) is 0 Å². The fourth-order valence-corrected chi connectivity index (χ4v) is 2.50. The summed E-state index contributed by atoms with van der Waals surface area (Å²) in [6, 6.07) is 25.8. The van der Waals surface area contributed by atoms with Gasteiger partial charge in [0.05, 0.1) is 12.7 Å². The zero-order chi connectivity index (χ0) is 15.4. The van der Waals surface area contributed by atoms with Gasteiger partial charge in [-0.3, -0.25) is 0 Å². The molecule has 0 atom stereocenters. The number of ether oxygens (including phenoxy) is 1. The predicted octanol–water partition coefficient (Wildman–Crippen LogP) is 4.81. The van der Waals surface area contributed by atoms with Gasteiger partial charge in [0.15, 0.2) is 0 Å². The Hall–Kier alpha value is -2.87. The molecule has 0 radical (unpaired) electrons. The van der Waals surface area contributed by atoms with Gasteiger partial charge in [0.2, 0.25) is 0 Å². The molecule has 0 saturated carbocycles. The summed E-state index contributed by atoms with van der Waals surface area (Å²) in [5, 5.41) is 0. The van der Waals surface area contributed by atoms with Gasteiger partial charge in [-0.1, -0.05) is 66.7 Å². The minimum Gasteiger partial charge on any atom is -0.465 e. The number of carbonyl (C=O) groups excluding carboxylic acids is 1.